The number of hydrogen-bond donors (Lipinski definition) is 2. The van der Waals surface area contributed by atoms with Crippen LogP contribution >= 0.6 is 34.5 Å². The Bertz CT molecular complexity index is 1370. The summed E-state index contributed by atoms with van der Waals surface area (Å²) in [7, 11) is -3.70. The van der Waals surface area contributed by atoms with Gasteiger partial charge in [-0.3, -0.25) is 14.8 Å². The highest BCUT2D eigenvalue weighted by molar-refractivity contribution is 7.92. The molecule has 1 aromatic heterocycles. The highest BCUT2D eigenvalue weighted by atomic mass is 35.5. The smallest absolute Gasteiger partial charge is 0.261 e. The molecular weight excluding hydrogens is 489 g/mol. The van der Waals surface area contributed by atoms with Crippen LogP contribution in [0.1, 0.15) is 10.4 Å². The average Bonchev–Trinajstić information content (AvgIpc) is 3.24. The van der Waals surface area contributed by atoms with Crippen molar-refractivity contribution in [2.75, 3.05) is 10.0 Å². The van der Waals surface area contributed by atoms with Crippen molar-refractivity contribution in [1.29, 1.82) is 0 Å². The Kier molecular flexibility index (Phi) is 6.48. The third-order valence-corrected chi connectivity index (χ3v) is 7.10. The van der Waals surface area contributed by atoms with Gasteiger partial charge in [0, 0.05) is 27.2 Å². The molecule has 0 aliphatic heterocycles. The van der Waals surface area contributed by atoms with Crippen LogP contribution in [0.3, 0.4) is 0 Å². The van der Waals surface area contributed by atoms with Gasteiger partial charge < -0.3 is 0 Å². The number of aromatic nitrogens is 1. The number of carbonyl (C=O) groups excluding carboxylic acids is 1. The molecule has 10 heteroatoms. The third kappa shape index (κ3) is 5.11. The number of carbonyl (C=O) groups is 1. The normalized spacial score (nSPS) is 11.2. The zero-order valence-corrected chi connectivity index (χ0v) is 19.4. The fraction of sp³-hybridized carbons (Fsp3) is 0. The van der Waals surface area contributed by atoms with Gasteiger partial charge in [-0.2, -0.15) is 0 Å². The molecule has 6 nitrogen and oxygen atoms in total. The van der Waals surface area contributed by atoms with Crippen molar-refractivity contribution in [2.45, 2.75) is 4.90 Å². The van der Waals surface area contributed by atoms with Gasteiger partial charge in [0.15, 0.2) is 5.13 Å². The lowest BCUT2D eigenvalue weighted by Crippen LogP contribution is -2.14. The van der Waals surface area contributed by atoms with Crippen molar-refractivity contribution in [3.8, 4) is 11.3 Å². The van der Waals surface area contributed by atoms with Crippen LogP contribution in [0.5, 0.6) is 0 Å². The third-order valence-electron chi connectivity index (χ3n) is 4.38. The van der Waals surface area contributed by atoms with Crippen molar-refractivity contribution in [1.82, 2.24) is 4.98 Å². The summed E-state index contributed by atoms with van der Waals surface area (Å²) in [5, 5.41) is 5.94. The lowest BCUT2D eigenvalue weighted by atomic mass is 10.2. The first-order valence-corrected chi connectivity index (χ1v) is 12.3. The maximum atomic E-state index is 12.6. The fourth-order valence-electron chi connectivity index (χ4n) is 2.82. The monoisotopic (exact) mass is 503 g/mol. The summed E-state index contributed by atoms with van der Waals surface area (Å²) in [6.07, 6.45) is 0. The zero-order valence-electron chi connectivity index (χ0n) is 16.2. The second-order valence-electron chi connectivity index (χ2n) is 6.61. The quantitative estimate of drug-likeness (QED) is 0.329. The zero-order chi connectivity index (χ0) is 22.7. The van der Waals surface area contributed by atoms with E-state index in [1.165, 1.54) is 47.7 Å². The Labute approximate surface area is 198 Å². The summed E-state index contributed by atoms with van der Waals surface area (Å²) in [6.45, 7) is 0. The van der Waals surface area contributed by atoms with Crippen molar-refractivity contribution in [2.24, 2.45) is 0 Å². The molecule has 4 rings (SSSR count). The van der Waals surface area contributed by atoms with Crippen molar-refractivity contribution in [3.63, 3.8) is 0 Å². The Morgan fingerprint density at radius 3 is 2.38 bits per heavy atom. The van der Waals surface area contributed by atoms with Gasteiger partial charge >= 0.3 is 0 Å². The molecule has 0 radical (unpaired) electrons. The van der Waals surface area contributed by atoms with Gasteiger partial charge in [0.2, 0.25) is 0 Å². The van der Waals surface area contributed by atoms with E-state index in [-0.39, 0.29) is 10.8 Å². The summed E-state index contributed by atoms with van der Waals surface area (Å²) in [5.74, 6) is -0.374. The number of nitrogens with zero attached hydrogens (tertiary/aromatic N) is 1. The molecule has 0 aliphatic carbocycles. The number of thiazole rings is 1. The molecule has 0 atom stereocenters. The number of benzene rings is 3. The molecule has 2 N–H and O–H groups in total. The van der Waals surface area contributed by atoms with E-state index in [1.54, 1.807) is 41.8 Å². The predicted octanol–water partition coefficient (Wildman–Crippen LogP) is 6.17. The van der Waals surface area contributed by atoms with Gasteiger partial charge in [0.05, 0.1) is 15.6 Å². The van der Waals surface area contributed by atoms with Gasteiger partial charge in [-0.05, 0) is 54.6 Å². The van der Waals surface area contributed by atoms with E-state index in [2.05, 4.69) is 15.0 Å². The van der Waals surface area contributed by atoms with Crippen LogP contribution in [0.4, 0.5) is 10.8 Å². The first-order chi connectivity index (χ1) is 15.3. The van der Waals surface area contributed by atoms with Crippen LogP contribution in [-0.4, -0.2) is 19.3 Å². The first kappa shape index (κ1) is 22.3. The van der Waals surface area contributed by atoms with Crippen LogP contribution < -0.4 is 10.0 Å². The SMILES string of the molecule is O=C(Nc1nc(-c2cc(Cl)ccc2Cl)cs1)c1ccc(NS(=O)(=O)c2ccccc2)cc1. The van der Waals surface area contributed by atoms with E-state index in [0.717, 1.165) is 0 Å². The molecule has 0 bridgehead atoms. The lowest BCUT2D eigenvalue weighted by molar-refractivity contribution is 0.102. The maximum Gasteiger partial charge on any atom is 0.261 e. The minimum Gasteiger partial charge on any atom is -0.298 e. The molecule has 4 aromatic rings. The Morgan fingerprint density at radius 1 is 0.938 bits per heavy atom. The van der Waals surface area contributed by atoms with E-state index in [1.807, 2.05) is 0 Å². The summed E-state index contributed by atoms with van der Waals surface area (Å²) in [4.78, 5) is 17.1. The second-order valence-corrected chi connectivity index (χ2v) is 10.00. The lowest BCUT2D eigenvalue weighted by Gasteiger charge is -2.08. The molecule has 1 heterocycles. The predicted molar refractivity (Wildman–Crippen MR) is 129 cm³/mol. The molecule has 0 unspecified atom stereocenters. The van der Waals surface area contributed by atoms with Crippen LogP contribution in [0.15, 0.2) is 83.1 Å². The highest BCUT2D eigenvalue weighted by Gasteiger charge is 2.15. The summed E-state index contributed by atoms with van der Waals surface area (Å²) in [6, 6.07) is 19.2. The molecule has 0 fully saturated rings. The largest absolute Gasteiger partial charge is 0.298 e. The van der Waals surface area contributed by atoms with Gasteiger partial charge in [0.1, 0.15) is 0 Å². The molecule has 1 amide bonds. The molecule has 0 saturated heterocycles. The van der Waals surface area contributed by atoms with E-state index in [4.69, 9.17) is 23.2 Å². The number of hydrogen-bond acceptors (Lipinski definition) is 5. The van der Waals surface area contributed by atoms with Crippen molar-refractivity contribution >= 4 is 61.3 Å². The summed E-state index contributed by atoms with van der Waals surface area (Å²) in [5.41, 5.74) is 1.97. The molecule has 3 aromatic carbocycles. The Balaban J connectivity index is 1.45. The minimum atomic E-state index is -3.70. The molecule has 32 heavy (non-hydrogen) atoms. The van der Waals surface area contributed by atoms with Crippen LogP contribution in [0.25, 0.3) is 11.3 Å². The number of amides is 1. The second kappa shape index (κ2) is 9.30. The van der Waals surface area contributed by atoms with E-state index >= 15 is 0 Å². The topological polar surface area (TPSA) is 88.2 Å². The summed E-state index contributed by atoms with van der Waals surface area (Å²) >= 11 is 13.5. The standard InChI is InChI=1S/C22H15Cl2N3O3S2/c23-15-8-11-19(24)18(12-15)20-13-31-22(25-20)26-21(28)14-6-9-16(10-7-14)27-32(29,30)17-4-2-1-3-5-17/h1-13,27H,(H,25,26,28). The number of sulfonamides is 1. The average molecular weight is 504 g/mol. The number of anilines is 2. The van der Waals surface area contributed by atoms with Gasteiger partial charge in [-0.15, -0.1) is 11.3 Å². The Hall–Kier alpha value is -2.91. The first-order valence-electron chi connectivity index (χ1n) is 9.22. The van der Waals surface area contributed by atoms with Gasteiger partial charge in [-0.1, -0.05) is 41.4 Å². The number of nitrogens with one attached hydrogen (secondary N) is 2. The molecule has 0 saturated carbocycles. The maximum absolute atomic E-state index is 12.6. The van der Waals surface area contributed by atoms with Crippen molar-refractivity contribution < 1.29 is 13.2 Å². The number of rotatable bonds is 6. The minimum absolute atomic E-state index is 0.154. The van der Waals surface area contributed by atoms with Crippen LogP contribution in [0, 0.1) is 0 Å². The van der Waals surface area contributed by atoms with E-state index < -0.39 is 10.0 Å². The van der Waals surface area contributed by atoms with Gasteiger partial charge in [0.25, 0.3) is 15.9 Å². The van der Waals surface area contributed by atoms with Crippen LogP contribution in [0.2, 0.25) is 10.0 Å². The van der Waals surface area contributed by atoms with Gasteiger partial charge in [-0.25, -0.2) is 13.4 Å². The van der Waals surface area contributed by atoms with Crippen molar-refractivity contribution in [3.05, 3.63) is 93.8 Å². The van der Waals surface area contributed by atoms with E-state index in [0.29, 0.717) is 37.7 Å². The summed E-state index contributed by atoms with van der Waals surface area (Å²) < 4.78 is 27.3. The molecular formula is C22H15Cl2N3O3S2. The van der Waals surface area contributed by atoms with Crippen LogP contribution in [-0.2, 0) is 10.0 Å². The molecule has 0 spiro atoms. The number of halogens is 2. The fourth-order valence-corrected chi connectivity index (χ4v) is 4.99. The Morgan fingerprint density at radius 2 is 1.66 bits per heavy atom. The van der Waals surface area contributed by atoms with E-state index in [9.17, 15) is 13.2 Å². The molecule has 0 aliphatic rings. The molecule has 162 valence electrons. The highest BCUT2D eigenvalue weighted by Crippen LogP contribution is 2.32.